The van der Waals surface area contributed by atoms with Crippen LogP contribution in [0.4, 0.5) is 10.5 Å². The van der Waals surface area contributed by atoms with E-state index in [1.807, 2.05) is 26.8 Å². The highest BCUT2D eigenvalue weighted by atomic mass is 35.5. The molecule has 0 aromatic heterocycles. The highest BCUT2D eigenvalue weighted by Gasteiger charge is 2.15. The molecule has 7 heteroatoms. The van der Waals surface area contributed by atoms with Gasteiger partial charge in [-0.15, -0.1) is 0 Å². The second kappa shape index (κ2) is 7.47. The van der Waals surface area contributed by atoms with Crippen molar-refractivity contribution in [3.63, 3.8) is 0 Å². The lowest BCUT2D eigenvalue weighted by Crippen LogP contribution is -2.33. The summed E-state index contributed by atoms with van der Waals surface area (Å²) in [7, 11) is 0. The molecule has 0 heterocycles. The van der Waals surface area contributed by atoms with Crippen LogP contribution in [0.5, 0.6) is 0 Å². The molecule has 0 fully saturated rings. The van der Waals surface area contributed by atoms with E-state index < -0.39 is 11.7 Å². The van der Waals surface area contributed by atoms with Crippen LogP contribution >= 0.6 is 23.8 Å². The Morgan fingerprint density at radius 2 is 2.10 bits per heavy atom. The fourth-order valence-corrected chi connectivity index (χ4v) is 1.93. The summed E-state index contributed by atoms with van der Waals surface area (Å²) in [5.41, 5.74) is 6.55. The monoisotopic (exact) mass is 329 g/mol. The Morgan fingerprint density at radius 3 is 2.62 bits per heavy atom. The van der Waals surface area contributed by atoms with Gasteiger partial charge in [-0.05, 0) is 57.1 Å². The van der Waals surface area contributed by atoms with E-state index in [1.165, 1.54) is 0 Å². The van der Waals surface area contributed by atoms with Crippen LogP contribution in [0.15, 0.2) is 18.2 Å². The molecule has 0 spiro atoms. The number of hydrogen-bond donors (Lipinski definition) is 3. The second-order valence-electron chi connectivity index (χ2n) is 5.48. The molecule has 1 amide bonds. The number of nitrogens with one attached hydrogen (secondary N) is 2. The van der Waals surface area contributed by atoms with Crippen molar-refractivity contribution in [2.24, 2.45) is 5.73 Å². The maximum Gasteiger partial charge on any atom is 0.407 e. The lowest BCUT2D eigenvalue weighted by atomic mass is 10.1. The number of carbonyl (C=O) groups is 1. The molecule has 1 rings (SSSR count). The number of amides is 1. The molecule has 0 radical (unpaired) electrons. The number of halogens is 1. The number of hydrogen-bond acceptors (Lipinski definition) is 3. The van der Waals surface area contributed by atoms with E-state index in [0.717, 1.165) is 5.56 Å². The minimum absolute atomic E-state index is 0.163. The zero-order valence-corrected chi connectivity index (χ0v) is 13.9. The summed E-state index contributed by atoms with van der Waals surface area (Å²) in [6.07, 6.45) is 0.215. The van der Waals surface area contributed by atoms with Crippen molar-refractivity contribution in [1.29, 1.82) is 0 Å². The number of anilines is 1. The van der Waals surface area contributed by atoms with Crippen LogP contribution < -0.4 is 16.4 Å². The number of rotatable bonds is 4. The molecule has 0 saturated carbocycles. The highest BCUT2D eigenvalue weighted by molar-refractivity contribution is 7.80. The third kappa shape index (κ3) is 7.15. The topological polar surface area (TPSA) is 76.4 Å². The Labute approximate surface area is 135 Å². The largest absolute Gasteiger partial charge is 0.444 e. The summed E-state index contributed by atoms with van der Waals surface area (Å²) in [5, 5.41) is 6.17. The van der Waals surface area contributed by atoms with Crippen molar-refractivity contribution in [3.8, 4) is 0 Å². The molecule has 0 unspecified atom stereocenters. The van der Waals surface area contributed by atoms with Gasteiger partial charge in [0.05, 0.1) is 10.7 Å². The van der Waals surface area contributed by atoms with Gasteiger partial charge in [0.2, 0.25) is 0 Å². The van der Waals surface area contributed by atoms with Crippen molar-refractivity contribution in [1.82, 2.24) is 5.32 Å². The predicted octanol–water partition coefficient (Wildman–Crippen LogP) is 3.06. The summed E-state index contributed by atoms with van der Waals surface area (Å²) in [4.78, 5) is 11.5. The maximum absolute atomic E-state index is 11.5. The van der Waals surface area contributed by atoms with Crippen molar-refractivity contribution in [3.05, 3.63) is 28.8 Å². The van der Waals surface area contributed by atoms with E-state index in [9.17, 15) is 4.79 Å². The SMILES string of the molecule is CC(C)(C)OC(=O)NCCc1ccc(NC(N)=S)c(Cl)c1. The Kier molecular flexibility index (Phi) is 6.23. The molecule has 5 nitrogen and oxygen atoms in total. The van der Waals surface area contributed by atoms with Crippen LogP contribution in [0.3, 0.4) is 0 Å². The number of thiocarbonyl (C=S) groups is 1. The highest BCUT2D eigenvalue weighted by Crippen LogP contribution is 2.23. The molecule has 0 aliphatic carbocycles. The third-order valence-electron chi connectivity index (χ3n) is 2.37. The van der Waals surface area contributed by atoms with E-state index in [-0.39, 0.29) is 5.11 Å². The first kappa shape index (κ1) is 17.5. The van der Waals surface area contributed by atoms with E-state index in [2.05, 4.69) is 10.6 Å². The number of benzene rings is 1. The van der Waals surface area contributed by atoms with E-state index in [1.54, 1.807) is 12.1 Å². The Hall–Kier alpha value is -1.53. The first-order valence-corrected chi connectivity index (χ1v) is 7.28. The zero-order valence-electron chi connectivity index (χ0n) is 12.3. The minimum atomic E-state index is -0.499. The quantitative estimate of drug-likeness (QED) is 0.740. The number of carbonyl (C=O) groups excluding carboxylic acids is 1. The molecule has 0 atom stereocenters. The van der Waals surface area contributed by atoms with Gasteiger partial charge in [0.25, 0.3) is 0 Å². The average Bonchev–Trinajstić information content (AvgIpc) is 2.29. The number of alkyl carbamates (subject to hydrolysis) is 1. The zero-order chi connectivity index (χ0) is 16.0. The molecule has 4 N–H and O–H groups in total. The van der Waals surface area contributed by atoms with Gasteiger partial charge in [-0.25, -0.2) is 4.79 Å². The fourth-order valence-electron chi connectivity index (χ4n) is 1.57. The molecule has 0 saturated heterocycles. The molecule has 21 heavy (non-hydrogen) atoms. The van der Waals surface area contributed by atoms with Gasteiger partial charge in [0.1, 0.15) is 5.60 Å². The second-order valence-corrected chi connectivity index (χ2v) is 6.33. The molecule has 1 aromatic carbocycles. The molecule has 0 aliphatic rings. The van der Waals surface area contributed by atoms with Crippen LogP contribution in [-0.2, 0) is 11.2 Å². The number of nitrogens with two attached hydrogens (primary N) is 1. The molecular formula is C14H20ClN3O2S. The summed E-state index contributed by atoms with van der Waals surface area (Å²) in [5.74, 6) is 0. The summed E-state index contributed by atoms with van der Waals surface area (Å²) < 4.78 is 5.15. The van der Waals surface area contributed by atoms with Crippen LogP contribution in [0.1, 0.15) is 26.3 Å². The van der Waals surface area contributed by atoms with E-state index in [4.69, 9.17) is 34.3 Å². The van der Waals surface area contributed by atoms with Gasteiger partial charge in [0, 0.05) is 6.54 Å². The first-order chi connectivity index (χ1) is 9.67. The lowest BCUT2D eigenvalue weighted by Gasteiger charge is -2.19. The molecule has 1 aromatic rings. The van der Waals surface area contributed by atoms with E-state index in [0.29, 0.717) is 23.7 Å². The summed E-state index contributed by atoms with van der Waals surface area (Å²) in [6, 6.07) is 5.49. The molecule has 0 aliphatic heterocycles. The van der Waals surface area contributed by atoms with Gasteiger partial charge in [0.15, 0.2) is 5.11 Å². The van der Waals surface area contributed by atoms with Crippen molar-refractivity contribution in [2.75, 3.05) is 11.9 Å². The first-order valence-electron chi connectivity index (χ1n) is 6.49. The molecule has 116 valence electrons. The summed E-state index contributed by atoms with van der Waals surface area (Å²) >= 11 is 10.9. The van der Waals surface area contributed by atoms with Crippen molar-refractivity contribution < 1.29 is 9.53 Å². The van der Waals surface area contributed by atoms with Gasteiger partial charge < -0.3 is 21.1 Å². The predicted molar refractivity (Wildman–Crippen MR) is 89.8 cm³/mol. The van der Waals surface area contributed by atoms with Crippen LogP contribution in [0, 0.1) is 0 Å². The Balaban J connectivity index is 2.48. The van der Waals surface area contributed by atoms with Crippen LogP contribution in [0.25, 0.3) is 0 Å². The summed E-state index contributed by atoms with van der Waals surface area (Å²) in [6.45, 7) is 5.92. The van der Waals surface area contributed by atoms with Crippen LogP contribution in [-0.4, -0.2) is 23.4 Å². The minimum Gasteiger partial charge on any atom is -0.444 e. The number of ether oxygens (including phenoxy) is 1. The van der Waals surface area contributed by atoms with Crippen molar-refractivity contribution >= 4 is 40.7 Å². The van der Waals surface area contributed by atoms with Crippen LogP contribution in [0.2, 0.25) is 5.02 Å². The fraction of sp³-hybridized carbons (Fsp3) is 0.429. The lowest BCUT2D eigenvalue weighted by molar-refractivity contribution is 0.0528. The Morgan fingerprint density at radius 1 is 1.43 bits per heavy atom. The molecule has 0 bridgehead atoms. The Bertz CT molecular complexity index is 529. The van der Waals surface area contributed by atoms with Gasteiger partial charge in [-0.3, -0.25) is 0 Å². The average molecular weight is 330 g/mol. The smallest absolute Gasteiger partial charge is 0.407 e. The van der Waals surface area contributed by atoms with Gasteiger partial charge >= 0.3 is 6.09 Å². The maximum atomic E-state index is 11.5. The van der Waals surface area contributed by atoms with E-state index >= 15 is 0 Å². The third-order valence-corrected chi connectivity index (χ3v) is 2.79. The normalized spacial score (nSPS) is 10.9. The standard InChI is InChI=1S/C14H20ClN3O2S/c1-14(2,3)20-13(19)17-7-6-9-4-5-11(10(15)8-9)18-12(16)21/h4-5,8H,6-7H2,1-3H3,(H,17,19)(H3,16,18,21). The van der Waals surface area contributed by atoms with Gasteiger partial charge in [-0.1, -0.05) is 17.7 Å². The molecular weight excluding hydrogens is 310 g/mol. The van der Waals surface area contributed by atoms with Gasteiger partial charge in [-0.2, -0.15) is 0 Å². The van der Waals surface area contributed by atoms with Crippen molar-refractivity contribution in [2.45, 2.75) is 32.8 Å².